The third kappa shape index (κ3) is 7.03. The molecule has 2 N–H and O–H groups in total. The first-order chi connectivity index (χ1) is 8.49. The molecule has 0 aromatic heterocycles. The molecule has 0 rings (SSSR count). The largest absolute Gasteiger partial charge is 0.500 e. The molecule has 0 spiro atoms. The number of ether oxygens (including phenoxy) is 1. The predicted octanol–water partition coefficient (Wildman–Crippen LogP) is 0.160. The smallest absolute Gasteiger partial charge is 0.433 e. The van der Waals surface area contributed by atoms with Gasteiger partial charge in [-0.25, -0.2) is 9.00 Å². The van der Waals surface area contributed by atoms with Crippen molar-refractivity contribution in [3.63, 3.8) is 0 Å². The van der Waals surface area contributed by atoms with Gasteiger partial charge in [0.1, 0.15) is 0 Å². The maximum Gasteiger partial charge on any atom is 0.500 e. The lowest BCUT2D eigenvalue weighted by molar-refractivity contribution is 0.122. The maximum absolute atomic E-state index is 11.0. The molecule has 0 heterocycles. The minimum Gasteiger partial charge on any atom is -0.433 e. The van der Waals surface area contributed by atoms with Gasteiger partial charge in [0.2, 0.25) is 0 Å². The number of alkyl carbamates (subject to hydrolysis) is 1. The van der Waals surface area contributed by atoms with Crippen LogP contribution in [0.1, 0.15) is 6.42 Å². The van der Waals surface area contributed by atoms with Crippen LogP contribution in [-0.2, 0) is 29.1 Å². The lowest BCUT2D eigenvalue weighted by atomic mass is 10.5. The van der Waals surface area contributed by atoms with E-state index in [1.54, 1.807) is 0 Å². The Morgan fingerprint density at radius 2 is 1.83 bits per heavy atom. The normalized spacial score (nSPS) is 13.1. The Labute approximate surface area is 110 Å². The number of hydrogen-bond donors (Lipinski definition) is 2. The van der Waals surface area contributed by atoms with E-state index >= 15 is 0 Å². The standard InChI is InChI=1S/C8H19NO7SSi/c1-13-18(14-2,15-3)6-4-5-9-8(10)16-7-17(11)12/h4-7H2,1-3H3,(H,9,10)(H,11,12). The Kier molecular flexibility index (Phi) is 9.14. The third-order valence-corrected chi connectivity index (χ3v) is 5.30. The first-order valence-electron chi connectivity index (χ1n) is 5.13. The minimum absolute atomic E-state index is 0.335. The Morgan fingerprint density at radius 3 is 2.28 bits per heavy atom. The van der Waals surface area contributed by atoms with Crippen molar-refractivity contribution in [1.29, 1.82) is 0 Å². The molecule has 0 aromatic rings. The van der Waals surface area contributed by atoms with E-state index in [-0.39, 0.29) is 0 Å². The van der Waals surface area contributed by atoms with E-state index in [2.05, 4.69) is 10.1 Å². The summed E-state index contributed by atoms with van der Waals surface area (Å²) in [6.45, 7) is 0.335. The summed E-state index contributed by atoms with van der Waals surface area (Å²) in [6.07, 6.45) is -0.157. The summed E-state index contributed by atoms with van der Waals surface area (Å²) in [4.78, 5) is 11.0. The Hall–Kier alpha value is -0.523. The van der Waals surface area contributed by atoms with Crippen LogP contribution in [0.3, 0.4) is 0 Å². The van der Waals surface area contributed by atoms with Gasteiger partial charge in [0, 0.05) is 33.9 Å². The van der Waals surface area contributed by atoms with Crippen LogP contribution in [0.25, 0.3) is 0 Å². The molecule has 0 aliphatic carbocycles. The van der Waals surface area contributed by atoms with E-state index in [1.165, 1.54) is 21.3 Å². The summed E-state index contributed by atoms with van der Waals surface area (Å²) in [5.41, 5.74) is 0. The van der Waals surface area contributed by atoms with Crippen LogP contribution < -0.4 is 5.32 Å². The van der Waals surface area contributed by atoms with Crippen LogP contribution in [0.5, 0.6) is 0 Å². The van der Waals surface area contributed by atoms with Gasteiger partial charge in [0.25, 0.3) is 0 Å². The molecular weight excluding hydrogens is 282 g/mol. The highest BCUT2D eigenvalue weighted by Crippen LogP contribution is 2.14. The summed E-state index contributed by atoms with van der Waals surface area (Å²) >= 11 is -2.15. The van der Waals surface area contributed by atoms with Crippen LogP contribution in [0.2, 0.25) is 6.04 Å². The summed E-state index contributed by atoms with van der Waals surface area (Å²) in [6, 6.07) is 0.544. The second kappa shape index (κ2) is 9.41. The van der Waals surface area contributed by atoms with Crippen molar-refractivity contribution in [2.75, 3.05) is 33.8 Å². The Balaban J connectivity index is 3.78. The van der Waals surface area contributed by atoms with E-state index in [9.17, 15) is 9.00 Å². The molecule has 108 valence electrons. The van der Waals surface area contributed by atoms with Crippen molar-refractivity contribution in [2.45, 2.75) is 12.5 Å². The number of rotatable bonds is 9. The molecule has 1 unspecified atom stereocenters. The molecule has 0 radical (unpaired) electrons. The van der Waals surface area contributed by atoms with Crippen LogP contribution in [0, 0.1) is 0 Å². The molecule has 0 aliphatic rings. The fraction of sp³-hybridized carbons (Fsp3) is 0.875. The van der Waals surface area contributed by atoms with Gasteiger partial charge in [-0.3, -0.25) is 0 Å². The van der Waals surface area contributed by atoms with E-state index in [4.69, 9.17) is 17.8 Å². The van der Waals surface area contributed by atoms with Gasteiger partial charge < -0.3 is 27.9 Å². The lowest BCUT2D eigenvalue weighted by Gasteiger charge is -2.24. The molecule has 1 atom stereocenters. The zero-order valence-corrected chi connectivity index (χ0v) is 12.4. The highest BCUT2D eigenvalue weighted by Gasteiger charge is 2.36. The van der Waals surface area contributed by atoms with Crippen molar-refractivity contribution in [1.82, 2.24) is 5.32 Å². The summed E-state index contributed by atoms with van der Waals surface area (Å²) < 4.78 is 38.7. The molecule has 0 saturated heterocycles. The molecule has 0 saturated carbocycles. The predicted molar refractivity (Wildman–Crippen MR) is 66.3 cm³/mol. The van der Waals surface area contributed by atoms with Gasteiger partial charge >= 0.3 is 14.9 Å². The Morgan fingerprint density at radius 1 is 1.28 bits per heavy atom. The molecule has 10 heteroatoms. The Bertz CT molecular complexity index is 266. The molecule has 18 heavy (non-hydrogen) atoms. The second-order valence-corrected chi connectivity index (χ2v) is 7.17. The van der Waals surface area contributed by atoms with Crippen molar-refractivity contribution in [3.05, 3.63) is 0 Å². The second-order valence-electron chi connectivity index (χ2n) is 3.20. The van der Waals surface area contributed by atoms with Crippen LogP contribution in [0.15, 0.2) is 0 Å². The van der Waals surface area contributed by atoms with E-state index in [0.717, 1.165) is 0 Å². The van der Waals surface area contributed by atoms with Gasteiger partial charge in [-0.2, -0.15) is 0 Å². The molecule has 0 bridgehead atoms. The van der Waals surface area contributed by atoms with Gasteiger partial charge in [0.05, 0.1) is 0 Å². The summed E-state index contributed by atoms with van der Waals surface area (Å²) in [7, 11) is 1.93. The summed E-state index contributed by atoms with van der Waals surface area (Å²) in [5, 5.41) is 2.43. The number of carbonyl (C=O) groups is 1. The quantitative estimate of drug-likeness (QED) is 0.355. The van der Waals surface area contributed by atoms with Crippen LogP contribution >= 0.6 is 0 Å². The maximum atomic E-state index is 11.0. The first kappa shape index (κ1) is 17.5. The van der Waals surface area contributed by atoms with Crippen molar-refractivity contribution >= 4 is 26.0 Å². The number of nitrogens with one attached hydrogen (secondary N) is 1. The molecule has 0 fully saturated rings. The molecule has 0 aliphatic heterocycles. The van der Waals surface area contributed by atoms with Crippen molar-refractivity contribution < 1.29 is 31.6 Å². The van der Waals surface area contributed by atoms with Gasteiger partial charge in [-0.05, 0) is 6.42 Å². The van der Waals surface area contributed by atoms with Crippen molar-refractivity contribution in [3.8, 4) is 0 Å². The average Bonchev–Trinajstić information content (AvgIpc) is 2.37. The average molecular weight is 301 g/mol. The fourth-order valence-electron chi connectivity index (χ4n) is 1.21. The molecular formula is C8H19NO7SSi. The van der Waals surface area contributed by atoms with Gasteiger partial charge in [-0.1, -0.05) is 0 Å². The summed E-state index contributed by atoms with van der Waals surface area (Å²) in [5.74, 6) is -0.543. The topological polar surface area (TPSA) is 103 Å². The zero-order chi connectivity index (χ0) is 14.0. The number of carbonyl (C=O) groups excluding carboxylic acids is 1. The van der Waals surface area contributed by atoms with E-state index < -0.39 is 31.9 Å². The van der Waals surface area contributed by atoms with Gasteiger partial charge in [-0.15, -0.1) is 0 Å². The molecule has 8 nitrogen and oxygen atoms in total. The van der Waals surface area contributed by atoms with E-state index in [1.807, 2.05) is 0 Å². The van der Waals surface area contributed by atoms with Gasteiger partial charge in [0.15, 0.2) is 17.0 Å². The minimum atomic E-state index is -2.61. The highest BCUT2D eigenvalue weighted by molar-refractivity contribution is 7.79. The van der Waals surface area contributed by atoms with Crippen molar-refractivity contribution in [2.24, 2.45) is 0 Å². The number of amides is 1. The molecule has 1 amide bonds. The van der Waals surface area contributed by atoms with Crippen LogP contribution in [-0.4, -0.2) is 57.5 Å². The SMILES string of the molecule is CO[Si](CCCNC(=O)OCS(=O)O)(OC)OC. The lowest BCUT2D eigenvalue weighted by Crippen LogP contribution is -2.43. The zero-order valence-electron chi connectivity index (χ0n) is 10.6. The van der Waals surface area contributed by atoms with Crippen LogP contribution in [0.4, 0.5) is 4.79 Å². The fourth-order valence-corrected chi connectivity index (χ4v) is 3.14. The third-order valence-electron chi connectivity index (χ3n) is 2.15. The monoisotopic (exact) mass is 301 g/mol. The molecule has 0 aromatic carbocycles. The first-order valence-corrected chi connectivity index (χ1v) is 8.34. The number of hydrogen-bond acceptors (Lipinski definition) is 6. The highest BCUT2D eigenvalue weighted by atomic mass is 32.2. The van der Waals surface area contributed by atoms with E-state index in [0.29, 0.717) is 19.0 Å².